The van der Waals surface area contributed by atoms with Crippen molar-refractivity contribution in [3.63, 3.8) is 0 Å². The van der Waals surface area contributed by atoms with E-state index in [1.165, 1.54) is 0 Å². The summed E-state index contributed by atoms with van der Waals surface area (Å²) in [5, 5.41) is 22.8. The number of nitro groups is 1. The molecule has 0 spiro atoms. The minimum atomic E-state index is -0.949. The van der Waals surface area contributed by atoms with E-state index in [1.807, 2.05) is 0 Å². The Morgan fingerprint density at radius 2 is 2.35 bits per heavy atom. The fraction of sp³-hybridized carbons (Fsp3) is 0.455. The maximum absolute atomic E-state index is 11.1. The van der Waals surface area contributed by atoms with Crippen LogP contribution in [0.3, 0.4) is 0 Å². The SMILES string of the molecule is Cc1c([N+](=O)[O-])cnc(NC2COCC2C(=O)O)c1Br. The number of halogens is 1. The number of nitrogens with one attached hydrogen (secondary N) is 1. The molecule has 0 aromatic carbocycles. The Balaban J connectivity index is 2.24. The van der Waals surface area contributed by atoms with E-state index in [9.17, 15) is 14.9 Å². The highest BCUT2D eigenvalue weighted by Gasteiger charge is 2.34. The molecule has 2 unspecified atom stereocenters. The molecule has 2 rings (SSSR count). The van der Waals surface area contributed by atoms with E-state index < -0.39 is 22.9 Å². The Morgan fingerprint density at radius 1 is 1.65 bits per heavy atom. The van der Waals surface area contributed by atoms with Crippen molar-refractivity contribution in [3.8, 4) is 0 Å². The molecule has 1 aromatic rings. The van der Waals surface area contributed by atoms with Crippen molar-refractivity contribution >= 4 is 33.4 Å². The van der Waals surface area contributed by atoms with Gasteiger partial charge in [0.05, 0.1) is 28.7 Å². The summed E-state index contributed by atoms with van der Waals surface area (Å²) in [6, 6.07) is -0.419. The third-order valence-corrected chi connectivity index (χ3v) is 4.12. The minimum absolute atomic E-state index is 0.0973. The molecule has 0 amide bonds. The number of pyridine rings is 1. The van der Waals surface area contributed by atoms with Gasteiger partial charge in [-0.25, -0.2) is 4.98 Å². The van der Waals surface area contributed by atoms with E-state index in [0.717, 1.165) is 6.20 Å². The van der Waals surface area contributed by atoms with Crippen LogP contribution in [-0.2, 0) is 9.53 Å². The predicted octanol–water partition coefficient (Wildman–Crippen LogP) is 1.57. The lowest BCUT2D eigenvalue weighted by atomic mass is 10.0. The Bertz CT molecular complexity index is 565. The van der Waals surface area contributed by atoms with Crippen LogP contribution in [0.15, 0.2) is 10.7 Å². The number of carboxylic acid groups (broad SMARTS) is 1. The summed E-state index contributed by atoms with van der Waals surface area (Å²) in [5.74, 6) is -1.25. The number of aliphatic carboxylic acids is 1. The fourth-order valence-corrected chi connectivity index (χ4v) is 2.39. The highest BCUT2D eigenvalue weighted by Crippen LogP contribution is 2.32. The third kappa shape index (κ3) is 2.73. The molecule has 1 aliphatic rings. The van der Waals surface area contributed by atoms with E-state index in [-0.39, 0.29) is 18.9 Å². The third-order valence-electron chi connectivity index (χ3n) is 3.15. The van der Waals surface area contributed by atoms with Crippen LogP contribution in [0.2, 0.25) is 0 Å². The molecule has 2 N–H and O–H groups in total. The Labute approximate surface area is 122 Å². The van der Waals surface area contributed by atoms with E-state index in [1.54, 1.807) is 6.92 Å². The van der Waals surface area contributed by atoms with Crippen LogP contribution in [0, 0.1) is 23.0 Å². The molecular formula is C11H12BrN3O5. The number of rotatable bonds is 4. The molecule has 20 heavy (non-hydrogen) atoms. The van der Waals surface area contributed by atoms with Crippen LogP contribution in [0.4, 0.5) is 11.5 Å². The Hall–Kier alpha value is -1.74. The number of carboxylic acids is 1. The topological polar surface area (TPSA) is 115 Å². The normalized spacial score (nSPS) is 21.7. The summed E-state index contributed by atoms with van der Waals surface area (Å²) < 4.78 is 5.59. The second-order valence-corrected chi connectivity index (χ2v) is 5.21. The summed E-state index contributed by atoms with van der Waals surface area (Å²) in [6.45, 7) is 1.98. The first-order chi connectivity index (χ1) is 9.41. The highest BCUT2D eigenvalue weighted by molar-refractivity contribution is 9.10. The molecule has 1 fully saturated rings. The smallest absolute Gasteiger partial charge is 0.311 e. The zero-order valence-corrected chi connectivity index (χ0v) is 12.1. The molecular weight excluding hydrogens is 334 g/mol. The molecule has 8 nitrogen and oxygen atoms in total. The number of hydrogen-bond acceptors (Lipinski definition) is 6. The van der Waals surface area contributed by atoms with Gasteiger partial charge in [-0.3, -0.25) is 14.9 Å². The molecule has 0 bridgehead atoms. The molecule has 0 radical (unpaired) electrons. The summed E-state index contributed by atoms with van der Waals surface area (Å²) >= 11 is 3.25. The van der Waals surface area contributed by atoms with Gasteiger partial charge in [0.25, 0.3) is 5.69 Å². The van der Waals surface area contributed by atoms with Gasteiger partial charge < -0.3 is 15.2 Å². The molecule has 1 saturated heterocycles. The summed E-state index contributed by atoms with van der Waals surface area (Å²) in [6.07, 6.45) is 1.15. The predicted molar refractivity (Wildman–Crippen MR) is 72.7 cm³/mol. The number of anilines is 1. The maximum Gasteiger partial charge on any atom is 0.311 e. The van der Waals surface area contributed by atoms with E-state index >= 15 is 0 Å². The first-order valence-corrected chi connectivity index (χ1v) is 6.57. The van der Waals surface area contributed by atoms with Gasteiger partial charge in [-0.15, -0.1) is 0 Å². The van der Waals surface area contributed by atoms with Gasteiger partial charge in [-0.2, -0.15) is 0 Å². The van der Waals surface area contributed by atoms with Gasteiger partial charge >= 0.3 is 5.97 Å². The zero-order chi connectivity index (χ0) is 14.9. The Kier molecular flexibility index (Phi) is 4.19. The van der Waals surface area contributed by atoms with Crippen LogP contribution in [0.25, 0.3) is 0 Å². The number of ether oxygens (including phenoxy) is 1. The maximum atomic E-state index is 11.1. The lowest BCUT2D eigenvalue weighted by Crippen LogP contribution is -2.33. The van der Waals surface area contributed by atoms with Gasteiger partial charge in [0.1, 0.15) is 17.9 Å². The molecule has 1 aromatic heterocycles. The monoisotopic (exact) mass is 345 g/mol. The van der Waals surface area contributed by atoms with Crippen LogP contribution < -0.4 is 5.32 Å². The van der Waals surface area contributed by atoms with Crippen molar-refractivity contribution in [1.29, 1.82) is 0 Å². The summed E-state index contributed by atoms with van der Waals surface area (Å²) in [7, 11) is 0. The van der Waals surface area contributed by atoms with Crippen molar-refractivity contribution in [2.24, 2.45) is 5.92 Å². The van der Waals surface area contributed by atoms with Crippen LogP contribution in [0.5, 0.6) is 0 Å². The molecule has 9 heteroatoms. The summed E-state index contributed by atoms with van der Waals surface area (Å²) in [4.78, 5) is 25.3. The second-order valence-electron chi connectivity index (χ2n) is 4.42. The Morgan fingerprint density at radius 3 is 2.95 bits per heavy atom. The van der Waals surface area contributed by atoms with Crippen LogP contribution in [-0.4, -0.2) is 40.2 Å². The standard InChI is InChI=1S/C11H12BrN3O5/c1-5-8(15(18)19)2-13-10(9(5)12)14-7-4-20-3-6(7)11(16)17/h2,6-7H,3-4H2,1H3,(H,13,14)(H,16,17). The first-order valence-electron chi connectivity index (χ1n) is 5.78. The molecule has 0 saturated carbocycles. The highest BCUT2D eigenvalue weighted by atomic mass is 79.9. The van der Waals surface area contributed by atoms with Gasteiger partial charge in [0.15, 0.2) is 0 Å². The fourth-order valence-electron chi connectivity index (χ4n) is 1.97. The van der Waals surface area contributed by atoms with Crippen LogP contribution >= 0.6 is 15.9 Å². The number of aromatic nitrogens is 1. The van der Waals surface area contributed by atoms with E-state index in [2.05, 4.69) is 26.2 Å². The molecule has 2 atom stereocenters. The molecule has 1 aliphatic heterocycles. The van der Waals surface area contributed by atoms with E-state index in [4.69, 9.17) is 9.84 Å². The van der Waals surface area contributed by atoms with Gasteiger partial charge in [0, 0.05) is 5.56 Å². The molecule has 108 valence electrons. The molecule has 2 heterocycles. The lowest BCUT2D eigenvalue weighted by Gasteiger charge is -2.17. The van der Waals surface area contributed by atoms with Crippen molar-refractivity contribution < 1.29 is 19.6 Å². The largest absolute Gasteiger partial charge is 0.481 e. The lowest BCUT2D eigenvalue weighted by molar-refractivity contribution is -0.385. The van der Waals surface area contributed by atoms with Crippen molar-refractivity contribution in [3.05, 3.63) is 26.3 Å². The van der Waals surface area contributed by atoms with Crippen molar-refractivity contribution in [2.75, 3.05) is 18.5 Å². The summed E-state index contributed by atoms with van der Waals surface area (Å²) in [5.41, 5.74) is 0.332. The van der Waals surface area contributed by atoms with Crippen LogP contribution in [0.1, 0.15) is 5.56 Å². The minimum Gasteiger partial charge on any atom is -0.481 e. The number of carbonyl (C=O) groups is 1. The van der Waals surface area contributed by atoms with Gasteiger partial charge in [-0.05, 0) is 22.9 Å². The quantitative estimate of drug-likeness (QED) is 0.628. The van der Waals surface area contributed by atoms with Gasteiger partial charge in [0.2, 0.25) is 0 Å². The number of hydrogen-bond donors (Lipinski definition) is 2. The van der Waals surface area contributed by atoms with Crippen molar-refractivity contribution in [2.45, 2.75) is 13.0 Å². The number of nitrogens with zero attached hydrogens (tertiary/aromatic N) is 2. The second kappa shape index (κ2) is 5.71. The average molecular weight is 346 g/mol. The molecule has 0 aliphatic carbocycles. The zero-order valence-electron chi connectivity index (χ0n) is 10.5. The first kappa shape index (κ1) is 14.7. The van der Waals surface area contributed by atoms with E-state index in [0.29, 0.717) is 15.9 Å². The average Bonchev–Trinajstić information content (AvgIpc) is 2.83. The van der Waals surface area contributed by atoms with Crippen molar-refractivity contribution in [1.82, 2.24) is 4.98 Å². The van der Waals surface area contributed by atoms with Gasteiger partial charge in [-0.1, -0.05) is 0 Å².